The molecule has 1 aliphatic carbocycles. The van der Waals surface area contributed by atoms with Gasteiger partial charge in [0.25, 0.3) is 0 Å². The molecule has 2 rings (SSSR count). The van der Waals surface area contributed by atoms with E-state index in [0.29, 0.717) is 6.54 Å². The zero-order valence-electron chi connectivity index (χ0n) is 9.24. The van der Waals surface area contributed by atoms with Crippen molar-refractivity contribution in [3.8, 4) is 0 Å². The molecule has 1 fully saturated rings. The average Bonchev–Trinajstić information content (AvgIpc) is 2.62. The second kappa shape index (κ2) is 5.16. The van der Waals surface area contributed by atoms with Crippen LogP contribution in [-0.2, 0) is 6.54 Å². The maximum Gasteiger partial charge on any atom is 0.372 e. The second-order valence-electron chi connectivity index (χ2n) is 4.34. The van der Waals surface area contributed by atoms with Crippen molar-refractivity contribution in [2.75, 3.05) is 6.54 Å². The maximum absolute atomic E-state index is 10.8. The first-order valence-corrected chi connectivity index (χ1v) is 5.77. The van der Waals surface area contributed by atoms with Crippen molar-refractivity contribution in [3.05, 3.63) is 23.7 Å². The van der Waals surface area contributed by atoms with E-state index >= 15 is 0 Å². The van der Waals surface area contributed by atoms with Crippen LogP contribution < -0.4 is 5.32 Å². The van der Waals surface area contributed by atoms with Gasteiger partial charge in [-0.3, -0.25) is 0 Å². The van der Waals surface area contributed by atoms with Crippen LogP contribution in [0.4, 0.5) is 0 Å². The number of rotatable bonds is 6. The van der Waals surface area contributed by atoms with Crippen molar-refractivity contribution in [2.45, 2.75) is 32.2 Å². The predicted molar refractivity (Wildman–Crippen MR) is 59.3 cm³/mol. The van der Waals surface area contributed by atoms with Crippen molar-refractivity contribution >= 4 is 5.97 Å². The highest BCUT2D eigenvalue weighted by Gasteiger charge is 2.17. The van der Waals surface area contributed by atoms with Crippen molar-refractivity contribution in [2.24, 2.45) is 5.92 Å². The Labute approximate surface area is 94.6 Å². The number of furan rings is 1. The number of nitrogens with one attached hydrogen (secondary N) is 1. The Bertz CT molecular complexity index is 355. The maximum atomic E-state index is 10.8. The van der Waals surface area contributed by atoms with Gasteiger partial charge >= 0.3 is 5.97 Å². The van der Waals surface area contributed by atoms with Gasteiger partial charge in [-0.1, -0.05) is 19.3 Å². The van der Waals surface area contributed by atoms with Crippen LogP contribution >= 0.6 is 0 Å². The third-order valence-electron chi connectivity index (χ3n) is 3.21. The molecule has 0 atom stereocenters. The highest BCUT2D eigenvalue weighted by atomic mass is 16.4. The molecule has 4 heteroatoms. The minimum absolute atomic E-state index is 0.0520. The molecule has 0 radical (unpaired) electrons. The summed E-state index contributed by atoms with van der Waals surface area (Å²) in [5.41, 5.74) is 0.723. The van der Waals surface area contributed by atoms with Crippen molar-refractivity contribution in [1.29, 1.82) is 0 Å². The first-order valence-electron chi connectivity index (χ1n) is 5.77. The molecule has 16 heavy (non-hydrogen) atoms. The van der Waals surface area contributed by atoms with Gasteiger partial charge in [0.1, 0.15) is 0 Å². The molecule has 0 aromatic carbocycles. The minimum atomic E-state index is -0.999. The lowest BCUT2D eigenvalue weighted by atomic mass is 9.83. The molecule has 0 amide bonds. The van der Waals surface area contributed by atoms with Crippen LogP contribution in [0.3, 0.4) is 0 Å². The fourth-order valence-electron chi connectivity index (χ4n) is 1.97. The Balaban J connectivity index is 1.71. The number of hydrogen-bond donors (Lipinski definition) is 2. The lowest BCUT2D eigenvalue weighted by molar-refractivity contribution is 0.0660. The molecular weight excluding hydrogens is 206 g/mol. The Kier molecular flexibility index (Phi) is 3.62. The van der Waals surface area contributed by atoms with E-state index in [-0.39, 0.29) is 5.76 Å². The number of carboxylic acids is 1. The van der Waals surface area contributed by atoms with Crippen molar-refractivity contribution < 1.29 is 14.3 Å². The molecule has 4 nitrogen and oxygen atoms in total. The molecular formula is C12H17NO3. The quantitative estimate of drug-likeness (QED) is 0.726. The minimum Gasteiger partial charge on any atom is -0.475 e. The van der Waals surface area contributed by atoms with E-state index < -0.39 is 5.97 Å². The normalized spacial score (nSPS) is 16.0. The van der Waals surface area contributed by atoms with Gasteiger partial charge in [0.05, 0.1) is 6.26 Å². The Morgan fingerprint density at radius 3 is 3.00 bits per heavy atom. The molecule has 0 unspecified atom stereocenters. The van der Waals surface area contributed by atoms with E-state index in [1.165, 1.54) is 31.9 Å². The van der Waals surface area contributed by atoms with Crippen LogP contribution in [0.5, 0.6) is 0 Å². The van der Waals surface area contributed by atoms with Crippen LogP contribution in [-0.4, -0.2) is 17.6 Å². The molecule has 1 heterocycles. The third kappa shape index (κ3) is 2.64. The summed E-state index contributed by atoms with van der Waals surface area (Å²) in [6.45, 7) is 1.53. The van der Waals surface area contributed by atoms with E-state index in [0.717, 1.165) is 18.0 Å². The fraction of sp³-hybridized carbons (Fsp3) is 0.583. The van der Waals surface area contributed by atoms with E-state index in [4.69, 9.17) is 9.52 Å². The predicted octanol–water partition coefficient (Wildman–Crippen LogP) is 2.26. The van der Waals surface area contributed by atoms with Crippen LogP contribution in [0.2, 0.25) is 0 Å². The van der Waals surface area contributed by atoms with Gasteiger partial charge in [0, 0.05) is 12.1 Å². The number of hydrogen-bond acceptors (Lipinski definition) is 3. The average molecular weight is 223 g/mol. The zero-order valence-corrected chi connectivity index (χ0v) is 9.24. The standard InChI is InChI=1S/C12H17NO3/c14-12(15)11-10(5-7-16-11)8-13-6-4-9-2-1-3-9/h5,7,9,13H,1-4,6,8H2,(H,14,15). The zero-order chi connectivity index (χ0) is 11.4. The fourth-order valence-corrected chi connectivity index (χ4v) is 1.97. The van der Waals surface area contributed by atoms with E-state index in [2.05, 4.69) is 5.32 Å². The van der Waals surface area contributed by atoms with Crippen molar-refractivity contribution in [1.82, 2.24) is 5.32 Å². The van der Waals surface area contributed by atoms with Crippen LogP contribution in [0.1, 0.15) is 41.8 Å². The first kappa shape index (κ1) is 11.2. The van der Waals surface area contributed by atoms with E-state index in [9.17, 15) is 4.79 Å². The van der Waals surface area contributed by atoms with Gasteiger partial charge in [-0.15, -0.1) is 0 Å². The summed E-state index contributed by atoms with van der Waals surface area (Å²) < 4.78 is 4.90. The molecule has 0 bridgehead atoms. The highest BCUT2D eigenvalue weighted by molar-refractivity contribution is 5.86. The molecule has 1 aromatic heterocycles. The van der Waals surface area contributed by atoms with Gasteiger partial charge in [0.15, 0.2) is 0 Å². The smallest absolute Gasteiger partial charge is 0.372 e. The summed E-state index contributed by atoms with van der Waals surface area (Å²) in [6, 6.07) is 1.71. The van der Waals surface area contributed by atoms with E-state index in [1.807, 2.05) is 0 Å². The molecule has 88 valence electrons. The van der Waals surface area contributed by atoms with Gasteiger partial charge < -0.3 is 14.8 Å². The molecule has 0 saturated heterocycles. The Morgan fingerprint density at radius 1 is 1.56 bits per heavy atom. The molecule has 0 aliphatic heterocycles. The van der Waals surface area contributed by atoms with Gasteiger partial charge in [0.2, 0.25) is 5.76 Å². The monoisotopic (exact) mass is 223 g/mol. The molecule has 2 N–H and O–H groups in total. The summed E-state index contributed by atoms with van der Waals surface area (Å²) in [5, 5.41) is 12.1. The van der Waals surface area contributed by atoms with Crippen LogP contribution in [0.25, 0.3) is 0 Å². The van der Waals surface area contributed by atoms with Gasteiger partial charge in [-0.25, -0.2) is 4.79 Å². The third-order valence-corrected chi connectivity index (χ3v) is 3.21. The van der Waals surface area contributed by atoms with Crippen LogP contribution in [0.15, 0.2) is 16.7 Å². The summed E-state index contributed by atoms with van der Waals surface area (Å²) in [5.74, 6) is -0.0623. The molecule has 0 spiro atoms. The van der Waals surface area contributed by atoms with E-state index in [1.54, 1.807) is 6.07 Å². The molecule has 1 saturated carbocycles. The summed E-state index contributed by atoms with van der Waals surface area (Å²) >= 11 is 0. The number of aromatic carboxylic acids is 1. The molecule has 1 aliphatic rings. The SMILES string of the molecule is O=C(O)c1occc1CNCCC1CCC1. The number of carboxylic acid groups (broad SMARTS) is 1. The lowest BCUT2D eigenvalue weighted by Crippen LogP contribution is -2.21. The molecule has 1 aromatic rings. The Morgan fingerprint density at radius 2 is 2.38 bits per heavy atom. The summed E-state index contributed by atoms with van der Waals surface area (Å²) in [7, 11) is 0. The Hall–Kier alpha value is -1.29. The van der Waals surface area contributed by atoms with Crippen LogP contribution in [0, 0.1) is 5.92 Å². The van der Waals surface area contributed by atoms with Crippen molar-refractivity contribution in [3.63, 3.8) is 0 Å². The highest BCUT2D eigenvalue weighted by Crippen LogP contribution is 2.28. The lowest BCUT2D eigenvalue weighted by Gasteiger charge is -2.25. The summed E-state index contributed by atoms with van der Waals surface area (Å²) in [4.78, 5) is 10.8. The second-order valence-corrected chi connectivity index (χ2v) is 4.34. The first-order chi connectivity index (χ1) is 7.77. The van der Waals surface area contributed by atoms with Gasteiger partial charge in [-0.2, -0.15) is 0 Å². The summed E-state index contributed by atoms with van der Waals surface area (Å²) in [6.07, 6.45) is 6.70. The largest absolute Gasteiger partial charge is 0.475 e. The van der Waals surface area contributed by atoms with Gasteiger partial charge in [-0.05, 0) is 24.9 Å². The topological polar surface area (TPSA) is 62.5 Å². The number of carbonyl (C=O) groups is 1.